The van der Waals surface area contributed by atoms with Crippen LogP contribution in [0.1, 0.15) is 30.4 Å². The Kier molecular flexibility index (Phi) is 7.98. The summed E-state index contributed by atoms with van der Waals surface area (Å²) in [7, 11) is 1.62. The molecule has 0 atom stereocenters. The molecule has 1 fully saturated rings. The van der Waals surface area contributed by atoms with Crippen LogP contribution in [0.5, 0.6) is 5.75 Å². The van der Waals surface area contributed by atoms with E-state index in [-0.39, 0.29) is 30.2 Å². The van der Waals surface area contributed by atoms with Gasteiger partial charge >= 0.3 is 0 Å². The lowest BCUT2D eigenvalue weighted by Gasteiger charge is -2.22. The summed E-state index contributed by atoms with van der Waals surface area (Å²) in [6, 6.07) is 11.4. The molecule has 1 heterocycles. The van der Waals surface area contributed by atoms with Gasteiger partial charge in [-0.3, -0.25) is 9.59 Å². The second kappa shape index (κ2) is 10.9. The quantitative estimate of drug-likeness (QED) is 0.675. The minimum atomic E-state index is -0.628. The van der Waals surface area contributed by atoms with Gasteiger partial charge in [0.25, 0.3) is 0 Å². The molecule has 7 heteroatoms. The average molecular weight is 430 g/mol. The number of carbonyl (C=O) groups is 2. The van der Waals surface area contributed by atoms with Crippen LogP contribution in [0.25, 0.3) is 0 Å². The summed E-state index contributed by atoms with van der Waals surface area (Å²) >= 11 is 0. The molecule has 0 aliphatic carbocycles. The summed E-state index contributed by atoms with van der Waals surface area (Å²) in [6.07, 6.45) is 1.82. The van der Waals surface area contributed by atoms with Gasteiger partial charge < -0.3 is 14.5 Å². The minimum Gasteiger partial charge on any atom is -0.497 e. The number of methoxy groups -OCH3 is 1. The van der Waals surface area contributed by atoms with Crippen LogP contribution < -0.4 is 4.74 Å². The van der Waals surface area contributed by atoms with Crippen LogP contribution in [-0.2, 0) is 22.4 Å². The van der Waals surface area contributed by atoms with E-state index in [9.17, 15) is 18.4 Å². The van der Waals surface area contributed by atoms with Crippen molar-refractivity contribution in [3.8, 4) is 5.75 Å². The van der Waals surface area contributed by atoms with Crippen LogP contribution in [0, 0.1) is 11.6 Å². The third-order valence-corrected chi connectivity index (χ3v) is 5.64. The van der Waals surface area contributed by atoms with Crippen molar-refractivity contribution in [2.24, 2.45) is 0 Å². The summed E-state index contributed by atoms with van der Waals surface area (Å²) < 4.78 is 32.7. The zero-order valence-electron chi connectivity index (χ0n) is 17.8. The Hall–Kier alpha value is -2.96. The molecule has 0 bridgehead atoms. The van der Waals surface area contributed by atoms with Crippen LogP contribution in [0.3, 0.4) is 0 Å². The van der Waals surface area contributed by atoms with Crippen LogP contribution in [0.2, 0.25) is 0 Å². The molecule has 1 saturated heterocycles. The van der Waals surface area contributed by atoms with Crippen LogP contribution >= 0.6 is 0 Å². The Morgan fingerprint density at radius 1 is 0.839 bits per heavy atom. The van der Waals surface area contributed by atoms with Gasteiger partial charge in [0.05, 0.1) is 7.11 Å². The molecule has 31 heavy (non-hydrogen) atoms. The van der Waals surface area contributed by atoms with Gasteiger partial charge in [-0.15, -0.1) is 0 Å². The third-order valence-electron chi connectivity index (χ3n) is 5.64. The number of ether oxygens (including phenoxy) is 1. The van der Waals surface area contributed by atoms with Gasteiger partial charge in [0.2, 0.25) is 11.8 Å². The van der Waals surface area contributed by atoms with Crippen molar-refractivity contribution < 1.29 is 23.1 Å². The number of aryl methyl sites for hydroxylation is 1. The van der Waals surface area contributed by atoms with Crippen molar-refractivity contribution in [2.45, 2.75) is 32.1 Å². The van der Waals surface area contributed by atoms with E-state index in [0.29, 0.717) is 45.4 Å². The number of rotatable bonds is 7. The standard InChI is InChI=1S/C24H28F2N2O3/c1-31-19-9-6-18(7-10-19)8-12-23(29)27-14-3-15-28(17-16-27)24(30)13-11-20-21(25)4-2-5-22(20)26/h2,4-7,9-10H,3,8,11-17H2,1H3. The Morgan fingerprint density at radius 3 is 1.94 bits per heavy atom. The van der Waals surface area contributed by atoms with Crippen molar-refractivity contribution in [1.82, 2.24) is 9.80 Å². The zero-order valence-corrected chi connectivity index (χ0v) is 17.8. The predicted octanol–water partition coefficient (Wildman–Crippen LogP) is 3.60. The Labute approximate surface area is 181 Å². The molecule has 0 radical (unpaired) electrons. The van der Waals surface area contributed by atoms with E-state index in [1.807, 2.05) is 24.3 Å². The van der Waals surface area contributed by atoms with E-state index < -0.39 is 11.6 Å². The van der Waals surface area contributed by atoms with E-state index in [4.69, 9.17) is 4.74 Å². The predicted molar refractivity (Wildman–Crippen MR) is 114 cm³/mol. The number of hydrogen-bond acceptors (Lipinski definition) is 3. The normalized spacial score (nSPS) is 14.3. The molecule has 2 aromatic rings. The lowest BCUT2D eigenvalue weighted by atomic mass is 10.1. The zero-order chi connectivity index (χ0) is 22.2. The monoisotopic (exact) mass is 430 g/mol. The average Bonchev–Trinajstić information content (AvgIpc) is 3.04. The first-order valence-electron chi connectivity index (χ1n) is 10.6. The second-order valence-electron chi connectivity index (χ2n) is 7.66. The number of carbonyl (C=O) groups excluding carboxylic acids is 2. The minimum absolute atomic E-state index is 0.0261. The maximum atomic E-state index is 13.8. The number of hydrogen-bond donors (Lipinski definition) is 0. The molecule has 0 aromatic heterocycles. The van der Waals surface area contributed by atoms with Crippen molar-refractivity contribution in [3.05, 3.63) is 65.2 Å². The van der Waals surface area contributed by atoms with Crippen molar-refractivity contribution in [3.63, 3.8) is 0 Å². The van der Waals surface area contributed by atoms with Crippen molar-refractivity contribution >= 4 is 11.8 Å². The highest BCUT2D eigenvalue weighted by molar-refractivity contribution is 5.78. The summed E-state index contributed by atoms with van der Waals surface area (Å²) in [5.41, 5.74) is 1.02. The van der Waals surface area contributed by atoms with E-state index >= 15 is 0 Å². The van der Waals surface area contributed by atoms with Gasteiger partial charge in [0.15, 0.2) is 0 Å². The molecule has 0 N–H and O–H groups in total. The molecule has 0 spiro atoms. The number of halogens is 2. The summed E-state index contributed by atoms with van der Waals surface area (Å²) in [6.45, 7) is 2.06. The van der Waals surface area contributed by atoms with Gasteiger partial charge in [-0.1, -0.05) is 18.2 Å². The molecule has 2 amide bonds. The SMILES string of the molecule is COc1ccc(CCC(=O)N2CCCN(C(=O)CCc3c(F)cccc3F)CC2)cc1. The summed E-state index contributed by atoms with van der Waals surface area (Å²) in [5.74, 6) is -0.548. The molecule has 2 aromatic carbocycles. The van der Waals surface area contributed by atoms with E-state index in [1.54, 1.807) is 16.9 Å². The first kappa shape index (κ1) is 22.7. The summed E-state index contributed by atoms with van der Waals surface area (Å²) in [5, 5.41) is 0. The van der Waals surface area contributed by atoms with Gasteiger partial charge in [0, 0.05) is 44.6 Å². The van der Waals surface area contributed by atoms with Gasteiger partial charge in [0.1, 0.15) is 17.4 Å². The Morgan fingerprint density at radius 2 is 1.39 bits per heavy atom. The van der Waals surface area contributed by atoms with Gasteiger partial charge in [-0.2, -0.15) is 0 Å². The Balaban J connectivity index is 1.46. The van der Waals surface area contributed by atoms with Crippen molar-refractivity contribution in [2.75, 3.05) is 33.3 Å². The molecule has 1 aliphatic heterocycles. The fraction of sp³-hybridized carbons (Fsp3) is 0.417. The second-order valence-corrected chi connectivity index (χ2v) is 7.66. The molecule has 3 rings (SSSR count). The Bertz CT molecular complexity index is 882. The highest BCUT2D eigenvalue weighted by Crippen LogP contribution is 2.16. The van der Waals surface area contributed by atoms with Gasteiger partial charge in [-0.05, 0) is 49.1 Å². The van der Waals surface area contributed by atoms with Crippen LogP contribution in [0.15, 0.2) is 42.5 Å². The molecular formula is C24H28F2N2O3. The van der Waals surface area contributed by atoms with Gasteiger partial charge in [-0.25, -0.2) is 8.78 Å². The largest absolute Gasteiger partial charge is 0.497 e. The smallest absolute Gasteiger partial charge is 0.222 e. The van der Waals surface area contributed by atoms with Crippen molar-refractivity contribution in [1.29, 1.82) is 0 Å². The number of nitrogens with zero attached hydrogens (tertiary/aromatic N) is 2. The summed E-state index contributed by atoms with van der Waals surface area (Å²) in [4.78, 5) is 28.7. The molecule has 5 nitrogen and oxygen atoms in total. The van der Waals surface area contributed by atoms with Crippen LogP contribution in [-0.4, -0.2) is 54.9 Å². The highest BCUT2D eigenvalue weighted by Gasteiger charge is 2.22. The fourth-order valence-corrected chi connectivity index (χ4v) is 3.78. The number of benzene rings is 2. The maximum Gasteiger partial charge on any atom is 0.222 e. The van der Waals surface area contributed by atoms with Crippen LogP contribution in [0.4, 0.5) is 8.78 Å². The first-order chi connectivity index (χ1) is 15.0. The topological polar surface area (TPSA) is 49.9 Å². The first-order valence-corrected chi connectivity index (χ1v) is 10.6. The highest BCUT2D eigenvalue weighted by atomic mass is 19.1. The lowest BCUT2D eigenvalue weighted by molar-refractivity contribution is -0.133. The maximum absolute atomic E-state index is 13.8. The lowest BCUT2D eigenvalue weighted by Crippen LogP contribution is -2.37. The molecule has 166 valence electrons. The molecular weight excluding hydrogens is 402 g/mol. The number of amides is 2. The fourth-order valence-electron chi connectivity index (χ4n) is 3.78. The van der Waals surface area contributed by atoms with E-state index in [0.717, 1.165) is 11.3 Å². The van der Waals surface area contributed by atoms with E-state index in [1.165, 1.54) is 18.2 Å². The third kappa shape index (κ3) is 6.26. The molecule has 0 saturated carbocycles. The molecule has 0 unspecified atom stereocenters. The molecule has 1 aliphatic rings. The van der Waals surface area contributed by atoms with E-state index in [2.05, 4.69) is 0 Å².